The van der Waals surface area contributed by atoms with Crippen molar-refractivity contribution < 1.29 is 9.90 Å². The molecule has 1 aromatic heterocycles. The summed E-state index contributed by atoms with van der Waals surface area (Å²) in [7, 11) is 0. The van der Waals surface area contributed by atoms with Gasteiger partial charge in [0.1, 0.15) is 5.75 Å². The molecule has 4 aromatic rings. The normalized spacial score (nSPS) is 11.3. The van der Waals surface area contributed by atoms with Crippen LogP contribution in [0.1, 0.15) is 42.1 Å². The number of aromatic hydroxyl groups is 1. The largest absolute Gasteiger partial charge is 0.507 e. The summed E-state index contributed by atoms with van der Waals surface area (Å²) in [6.07, 6.45) is 5.25. The molecule has 0 atom stereocenters. The number of phenolic OH excluding ortho intramolecular Hbond substituents is 1. The van der Waals surface area contributed by atoms with Gasteiger partial charge in [0, 0.05) is 18.3 Å². The second-order valence-electron chi connectivity index (χ2n) is 6.97. The molecular formula is C24H23NO2. The number of hydrogen-bond donors (Lipinski definition) is 1. The van der Waals surface area contributed by atoms with E-state index in [4.69, 9.17) is 0 Å². The second kappa shape index (κ2) is 7.28. The number of fused-ring (bicyclic) bond motifs is 2. The van der Waals surface area contributed by atoms with Crippen LogP contribution in [0.2, 0.25) is 0 Å². The minimum atomic E-state index is -0.0486. The van der Waals surface area contributed by atoms with Crippen molar-refractivity contribution in [2.75, 3.05) is 0 Å². The number of phenols is 1. The van der Waals surface area contributed by atoms with E-state index in [0.717, 1.165) is 42.1 Å². The van der Waals surface area contributed by atoms with E-state index in [9.17, 15) is 9.90 Å². The summed E-state index contributed by atoms with van der Waals surface area (Å²) in [4.78, 5) is 13.4. The summed E-state index contributed by atoms with van der Waals surface area (Å²) < 4.78 is 2.10. The van der Waals surface area contributed by atoms with Gasteiger partial charge in [-0.3, -0.25) is 4.79 Å². The van der Waals surface area contributed by atoms with Crippen LogP contribution in [0.5, 0.6) is 5.75 Å². The number of aryl methyl sites for hydroxylation is 1. The molecule has 0 aliphatic rings. The SMILES string of the molecule is CCCCCn1cc(C(=O)c2cccc3ccccc23)c2c(O)cccc21. The number of unbranched alkanes of at least 4 members (excludes halogenated alkanes) is 2. The van der Waals surface area contributed by atoms with Gasteiger partial charge in [-0.15, -0.1) is 0 Å². The number of aromatic nitrogens is 1. The number of carbonyl (C=O) groups is 1. The molecular weight excluding hydrogens is 334 g/mol. The van der Waals surface area contributed by atoms with Crippen LogP contribution in [0.25, 0.3) is 21.7 Å². The molecule has 1 N–H and O–H groups in total. The molecule has 27 heavy (non-hydrogen) atoms. The number of ketones is 1. The lowest BCUT2D eigenvalue weighted by Gasteiger charge is -2.05. The minimum absolute atomic E-state index is 0.0486. The van der Waals surface area contributed by atoms with Crippen LogP contribution in [0.15, 0.2) is 66.9 Å². The predicted molar refractivity (Wildman–Crippen MR) is 111 cm³/mol. The van der Waals surface area contributed by atoms with Gasteiger partial charge in [0.15, 0.2) is 5.78 Å². The maximum absolute atomic E-state index is 13.4. The van der Waals surface area contributed by atoms with Crippen LogP contribution in [-0.2, 0) is 6.54 Å². The average molecular weight is 357 g/mol. The number of carbonyl (C=O) groups excluding carboxylic acids is 1. The molecule has 0 aliphatic carbocycles. The fourth-order valence-electron chi connectivity index (χ4n) is 3.79. The van der Waals surface area contributed by atoms with Crippen LogP contribution >= 0.6 is 0 Å². The molecule has 0 radical (unpaired) electrons. The summed E-state index contributed by atoms with van der Waals surface area (Å²) in [5, 5.41) is 13.1. The van der Waals surface area contributed by atoms with Crippen molar-refractivity contribution >= 4 is 27.5 Å². The third kappa shape index (κ3) is 3.10. The average Bonchev–Trinajstić information content (AvgIpc) is 3.07. The Hall–Kier alpha value is -3.07. The first-order chi connectivity index (χ1) is 13.2. The molecule has 0 fully saturated rings. The quantitative estimate of drug-likeness (QED) is 0.344. The van der Waals surface area contributed by atoms with E-state index in [1.165, 1.54) is 0 Å². The number of benzene rings is 3. The van der Waals surface area contributed by atoms with E-state index >= 15 is 0 Å². The van der Waals surface area contributed by atoms with Crippen LogP contribution < -0.4 is 0 Å². The number of nitrogens with zero attached hydrogens (tertiary/aromatic N) is 1. The molecule has 0 saturated heterocycles. The molecule has 0 amide bonds. The summed E-state index contributed by atoms with van der Waals surface area (Å²) in [5.41, 5.74) is 2.15. The highest BCUT2D eigenvalue weighted by molar-refractivity contribution is 6.22. The van der Waals surface area contributed by atoms with E-state index < -0.39 is 0 Å². The summed E-state index contributed by atoms with van der Waals surface area (Å²) in [5.74, 6) is 0.109. The standard InChI is InChI=1S/C24H23NO2/c1-2-3-6-15-25-16-20(23-21(25)13-8-14-22(23)26)24(27)19-12-7-10-17-9-4-5-11-18(17)19/h4-5,7-14,16,26H,2-3,6,15H2,1H3. The van der Waals surface area contributed by atoms with Crippen molar-refractivity contribution in [1.29, 1.82) is 0 Å². The fourth-order valence-corrected chi connectivity index (χ4v) is 3.79. The molecule has 1 heterocycles. The summed E-state index contributed by atoms with van der Waals surface area (Å²) >= 11 is 0. The molecule has 0 unspecified atom stereocenters. The topological polar surface area (TPSA) is 42.2 Å². The van der Waals surface area contributed by atoms with Gasteiger partial charge in [-0.25, -0.2) is 0 Å². The maximum atomic E-state index is 13.4. The molecule has 136 valence electrons. The molecule has 3 heteroatoms. The lowest BCUT2D eigenvalue weighted by molar-refractivity contribution is 0.104. The van der Waals surface area contributed by atoms with Gasteiger partial charge >= 0.3 is 0 Å². The van der Waals surface area contributed by atoms with E-state index in [0.29, 0.717) is 16.5 Å². The van der Waals surface area contributed by atoms with Gasteiger partial charge in [0.05, 0.1) is 16.5 Å². The minimum Gasteiger partial charge on any atom is -0.507 e. The number of hydrogen-bond acceptors (Lipinski definition) is 2. The Balaban J connectivity index is 1.86. The molecule has 3 aromatic carbocycles. The monoisotopic (exact) mass is 357 g/mol. The van der Waals surface area contributed by atoms with E-state index in [2.05, 4.69) is 11.5 Å². The highest BCUT2D eigenvalue weighted by atomic mass is 16.3. The van der Waals surface area contributed by atoms with Crippen LogP contribution in [0, 0.1) is 0 Å². The van der Waals surface area contributed by atoms with Crippen LogP contribution in [0.3, 0.4) is 0 Å². The lowest BCUT2D eigenvalue weighted by Crippen LogP contribution is -2.02. The summed E-state index contributed by atoms with van der Waals surface area (Å²) in [6.45, 7) is 3.02. The van der Waals surface area contributed by atoms with Gasteiger partial charge in [-0.2, -0.15) is 0 Å². The summed E-state index contributed by atoms with van der Waals surface area (Å²) in [6, 6.07) is 19.2. The molecule has 0 spiro atoms. The first-order valence-corrected chi connectivity index (χ1v) is 9.54. The van der Waals surface area contributed by atoms with E-state index in [1.54, 1.807) is 6.07 Å². The van der Waals surface area contributed by atoms with Gasteiger partial charge in [0.25, 0.3) is 0 Å². The highest BCUT2D eigenvalue weighted by Gasteiger charge is 2.20. The Morgan fingerprint density at radius 2 is 1.70 bits per heavy atom. The Morgan fingerprint density at radius 1 is 0.926 bits per heavy atom. The lowest BCUT2D eigenvalue weighted by atomic mass is 9.97. The zero-order valence-corrected chi connectivity index (χ0v) is 15.5. The Labute approximate surface area is 158 Å². The predicted octanol–water partition coefficient (Wildman–Crippen LogP) is 5.92. The van der Waals surface area contributed by atoms with Crippen molar-refractivity contribution in [3.05, 3.63) is 78.0 Å². The van der Waals surface area contributed by atoms with Crippen molar-refractivity contribution in [1.82, 2.24) is 4.57 Å². The Morgan fingerprint density at radius 3 is 2.56 bits per heavy atom. The smallest absolute Gasteiger partial charge is 0.195 e. The van der Waals surface area contributed by atoms with Crippen LogP contribution in [-0.4, -0.2) is 15.5 Å². The van der Waals surface area contributed by atoms with Crippen LogP contribution in [0.4, 0.5) is 0 Å². The first kappa shape index (κ1) is 17.3. The van der Waals surface area contributed by atoms with E-state index in [-0.39, 0.29) is 11.5 Å². The first-order valence-electron chi connectivity index (χ1n) is 9.54. The number of rotatable bonds is 6. The molecule has 3 nitrogen and oxygen atoms in total. The molecule has 4 rings (SSSR count). The van der Waals surface area contributed by atoms with Gasteiger partial charge < -0.3 is 9.67 Å². The van der Waals surface area contributed by atoms with Crippen molar-refractivity contribution in [3.8, 4) is 5.75 Å². The van der Waals surface area contributed by atoms with Gasteiger partial charge in [-0.05, 0) is 29.3 Å². The van der Waals surface area contributed by atoms with Crippen molar-refractivity contribution in [2.24, 2.45) is 0 Å². The zero-order chi connectivity index (χ0) is 18.8. The third-order valence-electron chi connectivity index (χ3n) is 5.17. The zero-order valence-electron chi connectivity index (χ0n) is 15.5. The van der Waals surface area contributed by atoms with Gasteiger partial charge in [0.2, 0.25) is 0 Å². The van der Waals surface area contributed by atoms with Crippen molar-refractivity contribution in [3.63, 3.8) is 0 Å². The Kier molecular flexibility index (Phi) is 4.68. The molecule has 0 saturated carbocycles. The third-order valence-corrected chi connectivity index (χ3v) is 5.17. The van der Waals surface area contributed by atoms with E-state index in [1.807, 2.05) is 60.8 Å². The van der Waals surface area contributed by atoms with Crippen molar-refractivity contribution in [2.45, 2.75) is 32.7 Å². The second-order valence-corrected chi connectivity index (χ2v) is 6.97. The maximum Gasteiger partial charge on any atom is 0.195 e. The van der Waals surface area contributed by atoms with Gasteiger partial charge in [-0.1, -0.05) is 68.3 Å². The Bertz CT molecular complexity index is 1120. The molecule has 0 bridgehead atoms. The fraction of sp³-hybridized carbons (Fsp3) is 0.208. The highest BCUT2D eigenvalue weighted by Crippen LogP contribution is 2.33. The molecule has 0 aliphatic heterocycles.